The second-order valence-electron chi connectivity index (χ2n) is 3.34. The second kappa shape index (κ2) is 5.03. The number of halogens is 2. The van der Waals surface area contributed by atoms with Gasteiger partial charge in [-0.3, -0.25) is 4.79 Å². The zero-order chi connectivity index (χ0) is 12.3. The predicted molar refractivity (Wildman–Crippen MR) is 55.4 cm³/mol. The lowest BCUT2D eigenvalue weighted by Gasteiger charge is -2.15. The molecule has 0 saturated heterocycles. The molecule has 5 heteroatoms. The minimum absolute atomic E-state index is 0.0201. The fourth-order valence-electron chi connectivity index (χ4n) is 1.50. The maximum absolute atomic E-state index is 13.6. The first kappa shape index (κ1) is 12.6. The van der Waals surface area contributed by atoms with Crippen molar-refractivity contribution in [2.24, 2.45) is 0 Å². The van der Waals surface area contributed by atoms with Crippen molar-refractivity contribution in [3.05, 3.63) is 29.3 Å². The molecule has 3 nitrogen and oxygen atoms in total. The number of carbonyl (C=O) groups is 1. The zero-order valence-electron chi connectivity index (χ0n) is 9.30. The highest BCUT2D eigenvalue weighted by Crippen LogP contribution is 2.25. The highest BCUT2D eigenvalue weighted by molar-refractivity contribution is 5.83. The molecule has 0 amide bonds. The molecule has 0 aliphatic heterocycles. The lowest BCUT2D eigenvalue weighted by molar-refractivity contribution is -0.119. The molecule has 0 saturated carbocycles. The monoisotopic (exact) mass is 229 g/mol. The standard InChI is InChI=1S/C11H13F2NO2/c1-6(15)11(14-2)7-4-9(13)10(16-3)5-8(7)12/h4-5,11,14H,1-3H3. The van der Waals surface area contributed by atoms with Crippen LogP contribution in [0.3, 0.4) is 0 Å². The fraction of sp³-hybridized carbons (Fsp3) is 0.364. The Morgan fingerprint density at radius 3 is 2.44 bits per heavy atom. The maximum Gasteiger partial charge on any atom is 0.165 e. The summed E-state index contributed by atoms with van der Waals surface area (Å²) in [6, 6.07) is 1.05. The molecule has 0 spiro atoms. The van der Waals surface area contributed by atoms with Crippen LogP contribution in [0.5, 0.6) is 5.75 Å². The number of ether oxygens (including phenoxy) is 1. The molecule has 0 fully saturated rings. The lowest BCUT2D eigenvalue weighted by Crippen LogP contribution is -2.24. The Morgan fingerprint density at radius 2 is 2.00 bits per heavy atom. The minimum atomic E-state index is -0.847. The van der Waals surface area contributed by atoms with Crippen molar-refractivity contribution < 1.29 is 18.3 Å². The number of hydrogen-bond acceptors (Lipinski definition) is 3. The van der Waals surface area contributed by atoms with E-state index in [4.69, 9.17) is 0 Å². The smallest absolute Gasteiger partial charge is 0.165 e. The first-order valence-corrected chi connectivity index (χ1v) is 4.72. The molecule has 1 N–H and O–H groups in total. The molecule has 1 rings (SSSR count). The molecular formula is C11H13F2NO2. The van der Waals surface area contributed by atoms with Crippen molar-refractivity contribution in [1.82, 2.24) is 5.32 Å². The molecule has 0 radical (unpaired) electrons. The Hall–Kier alpha value is -1.49. The van der Waals surface area contributed by atoms with E-state index in [2.05, 4.69) is 10.1 Å². The Morgan fingerprint density at radius 1 is 1.38 bits per heavy atom. The van der Waals surface area contributed by atoms with Crippen LogP contribution in [0.25, 0.3) is 0 Å². The summed E-state index contributed by atoms with van der Waals surface area (Å²) in [5.41, 5.74) is -0.0201. The summed E-state index contributed by atoms with van der Waals surface area (Å²) in [6.45, 7) is 1.31. The van der Waals surface area contributed by atoms with Crippen LogP contribution < -0.4 is 10.1 Å². The van der Waals surface area contributed by atoms with Crippen LogP contribution in [0.15, 0.2) is 12.1 Å². The quantitative estimate of drug-likeness (QED) is 0.855. The Balaban J connectivity index is 3.24. The van der Waals surface area contributed by atoms with Gasteiger partial charge in [0.15, 0.2) is 17.3 Å². The summed E-state index contributed by atoms with van der Waals surface area (Å²) in [7, 11) is 2.76. The third kappa shape index (κ3) is 2.36. The van der Waals surface area contributed by atoms with Crippen molar-refractivity contribution in [1.29, 1.82) is 0 Å². The number of methoxy groups -OCH3 is 1. The van der Waals surface area contributed by atoms with Crippen LogP contribution in [-0.4, -0.2) is 19.9 Å². The molecule has 0 aromatic heterocycles. The van der Waals surface area contributed by atoms with Gasteiger partial charge in [-0.1, -0.05) is 0 Å². The van der Waals surface area contributed by atoms with Crippen molar-refractivity contribution in [3.63, 3.8) is 0 Å². The number of ketones is 1. The van der Waals surface area contributed by atoms with Gasteiger partial charge in [-0.15, -0.1) is 0 Å². The molecule has 88 valence electrons. The zero-order valence-corrected chi connectivity index (χ0v) is 9.30. The molecule has 0 aliphatic rings. The Bertz CT molecular complexity index is 407. The number of likely N-dealkylation sites (N-methyl/N-ethyl adjacent to an activating group) is 1. The van der Waals surface area contributed by atoms with Gasteiger partial charge in [-0.25, -0.2) is 8.78 Å². The Labute approximate surface area is 92.4 Å². The van der Waals surface area contributed by atoms with Crippen LogP contribution in [0.2, 0.25) is 0 Å². The van der Waals surface area contributed by atoms with Gasteiger partial charge in [0.1, 0.15) is 5.82 Å². The van der Waals surface area contributed by atoms with Gasteiger partial charge in [-0.2, -0.15) is 0 Å². The number of carbonyl (C=O) groups excluding carboxylic acids is 1. The third-order valence-corrected chi connectivity index (χ3v) is 2.28. The summed E-state index contributed by atoms with van der Waals surface area (Å²) in [5, 5.41) is 2.63. The third-order valence-electron chi connectivity index (χ3n) is 2.28. The van der Waals surface area contributed by atoms with E-state index in [1.54, 1.807) is 0 Å². The first-order chi connectivity index (χ1) is 7.51. The van der Waals surface area contributed by atoms with Gasteiger partial charge in [0, 0.05) is 11.6 Å². The van der Waals surface area contributed by atoms with E-state index in [1.807, 2.05) is 0 Å². The van der Waals surface area contributed by atoms with Gasteiger partial charge >= 0.3 is 0 Å². The molecule has 1 atom stereocenters. The summed E-state index contributed by atoms with van der Waals surface area (Å²) in [6.07, 6.45) is 0. The van der Waals surface area contributed by atoms with Crippen LogP contribution >= 0.6 is 0 Å². The molecule has 0 aliphatic carbocycles. The van der Waals surface area contributed by atoms with Crippen molar-refractivity contribution in [2.75, 3.05) is 14.2 Å². The van der Waals surface area contributed by atoms with E-state index in [0.29, 0.717) is 0 Å². The normalized spacial score (nSPS) is 12.3. The average molecular weight is 229 g/mol. The molecule has 1 aromatic carbocycles. The molecule has 16 heavy (non-hydrogen) atoms. The number of rotatable bonds is 4. The van der Waals surface area contributed by atoms with Crippen molar-refractivity contribution >= 4 is 5.78 Å². The van der Waals surface area contributed by atoms with Gasteiger partial charge < -0.3 is 10.1 Å². The van der Waals surface area contributed by atoms with Crippen LogP contribution in [0, 0.1) is 11.6 Å². The number of benzene rings is 1. The van der Waals surface area contributed by atoms with E-state index < -0.39 is 17.7 Å². The van der Waals surface area contributed by atoms with E-state index in [-0.39, 0.29) is 17.1 Å². The highest BCUT2D eigenvalue weighted by Gasteiger charge is 2.21. The predicted octanol–water partition coefficient (Wildman–Crippen LogP) is 1.82. The van der Waals surface area contributed by atoms with E-state index in [1.165, 1.54) is 21.1 Å². The molecule has 0 heterocycles. The van der Waals surface area contributed by atoms with E-state index in [0.717, 1.165) is 12.1 Å². The first-order valence-electron chi connectivity index (χ1n) is 4.72. The van der Waals surface area contributed by atoms with E-state index >= 15 is 0 Å². The maximum atomic E-state index is 13.6. The summed E-state index contributed by atoms with van der Waals surface area (Å²) in [5.74, 6) is -1.83. The van der Waals surface area contributed by atoms with Gasteiger partial charge in [0.05, 0.1) is 13.2 Å². The number of nitrogens with one attached hydrogen (secondary N) is 1. The second-order valence-corrected chi connectivity index (χ2v) is 3.34. The number of hydrogen-bond donors (Lipinski definition) is 1. The topological polar surface area (TPSA) is 38.3 Å². The number of Topliss-reactive ketones (excluding diaryl/α,β-unsaturated/α-hetero) is 1. The molecule has 1 unspecified atom stereocenters. The largest absolute Gasteiger partial charge is 0.494 e. The molecule has 0 bridgehead atoms. The van der Waals surface area contributed by atoms with Gasteiger partial charge in [0.25, 0.3) is 0 Å². The average Bonchev–Trinajstić information content (AvgIpc) is 2.23. The lowest BCUT2D eigenvalue weighted by atomic mass is 10.0. The van der Waals surface area contributed by atoms with Crippen LogP contribution in [0.1, 0.15) is 18.5 Å². The minimum Gasteiger partial charge on any atom is -0.494 e. The highest BCUT2D eigenvalue weighted by atomic mass is 19.1. The van der Waals surface area contributed by atoms with Crippen molar-refractivity contribution in [3.8, 4) is 5.75 Å². The summed E-state index contributed by atoms with van der Waals surface area (Å²) >= 11 is 0. The van der Waals surface area contributed by atoms with Crippen molar-refractivity contribution in [2.45, 2.75) is 13.0 Å². The summed E-state index contributed by atoms with van der Waals surface area (Å²) in [4.78, 5) is 11.2. The Kier molecular flexibility index (Phi) is 3.95. The van der Waals surface area contributed by atoms with E-state index in [9.17, 15) is 13.6 Å². The molecular weight excluding hydrogens is 216 g/mol. The van der Waals surface area contributed by atoms with Crippen LogP contribution in [-0.2, 0) is 4.79 Å². The van der Waals surface area contributed by atoms with Crippen LogP contribution in [0.4, 0.5) is 8.78 Å². The fourth-order valence-corrected chi connectivity index (χ4v) is 1.50. The van der Waals surface area contributed by atoms with Gasteiger partial charge in [0.2, 0.25) is 0 Å². The summed E-state index contributed by atoms with van der Waals surface area (Å²) < 4.78 is 31.6. The molecule has 1 aromatic rings. The SMILES string of the molecule is CNC(C(C)=O)c1cc(F)c(OC)cc1F. The van der Waals surface area contributed by atoms with Gasteiger partial charge in [-0.05, 0) is 20.0 Å².